The van der Waals surface area contributed by atoms with E-state index in [1.807, 2.05) is 6.07 Å². The van der Waals surface area contributed by atoms with Crippen molar-refractivity contribution in [1.29, 1.82) is 0 Å². The Bertz CT molecular complexity index is 464. The molecule has 1 atom stereocenters. The molecule has 0 aliphatic heterocycles. The van der Waals surface area contributed by atoms with Gasteiger partial charge in [-0.2, -0.15) is 0 Å². The highest BCUT2D eigenvalue weighted by Gasteiger charge is 2.42. The quantitative estimate of drug-likeness (QED) is 0.840. The van der Waals surface area contributed by atoms with Crippen molar-refractivity contribution in [1.82, 2.24) is 5.32 Å². The van der Waals surface area contributed by atoms with Crippen molar-refractivity contribution >= 4 is 12.1 Å². The monoisotopic (exact) mass is 283 g/mol. The fraction of sp³-hybridized carbons (Fsp3) is 0.429. The number of carbonyl (C=O) groups is 2. The molecule has 6 heteroatoms. The van der Waals surface area contributed by atoms with E-state index in [1.165, 1.54) is 13.8 Å². The van der Waals surface area contributed by atoms with E-state index in [0.717, 1.165) is 5.56 Å². The van der Waals surface area contributed by atoms with Crippen LogP contribution in [-0.4, -0.2) is 29.4 Å². The van der Waals surface area contributed by atoms with Crippen molar-refractivity contribution in [2.24, 2.45) is 5.92 Å². The van der Waals surface area contributed by atoms with E-state index in [9.17, 15) is 14.0 Å². The lowest BCUT2D eigenvalue weighted by Crippen LogP contribution is -2.49. The minimum atomic E-state index is -2.51. The second-order valence-electron chi connectivity index (χ2n) is 4.74. The van der Waals surface area contributed by atoms with Gasteiger partial charge < -0.3 is 15.2 Å². The van der Waals surface area contributed by atoms with E-state index in [4.69, 9.17) is 9.84 Å². The molecule has 1 rings (SSSR count). The lowest BCUT2D eigenvalue weighted by atomic mass is 9.92. The summed E-state index contributed by atoms with van der Waals surface area (Å²) in [4.78, 5) is 22.3. The zero-order chi connectivity index (χ0) is 15.2. The summed E-state index contributed by atoms with van der Waals surface area (Å²) in [6, 6.07) is 8.98. The first-order valence-corrected chi connectivity index (χ1v) is 6.23. The number of halogens is 1. The molecule has 5 nitrogen and oxygen atoms in total. The van der Waals surface area contributed by atoms with Crippen molar-refractivity contribution in [3.63, 3.8) is 0 Å². The number of alkyl carbamates (subject to hydrolysis) is 1. The average molecular weight is 283 g/mol. The number of nitrogens with one attached hydrogen (secondary N) is 1. The van der Waals surface area contributed by atoms with Gasteiger partial charge in [0.15, 0.2) is 0 Å². The summed E-state index contributed by atoms with van der Waals surface area (Å²) < 4.78 is 19.0. The summed E-state index contributed by atoms with van der Waals surface area (Å²) in [5.41, 5.74) is -1.72. The molecule has 0 aromatic heterocycles. The van der Waals surface area contributed by atoms with Crippen molar-refractivity contribution in [3.8, 4) is 0 Å². The van der Waals surface area contributed by atoms with Crippen LogP contribution < -0.4 is 5.32 Å². The number of ether oxygens (including phenoxy) is 1. The van der Waals surface area contributed by atoms with Gasteiger partial charge in [0.05, 0.1) is 6.54 Å². The topological polar surface area (TPSA) is 75.6 Å². The molecule has 1 aromatic rings. The molecular formula is C14H18FNO4. The number of amides is 1. The fourth-order valence-corrected chi connectivity index (χ4v) is 1.50. The van der Waals surface area contributed by atoms with Crippen LogP contribution in [0.5, 0.6) is 0 Å². The summed E-state index contributed by atoms with van der Waals surface area (Å²) in [6.45, 7) is 2.28. The maximum Gasteiger partial charge on any atom is 0.407 e. The van der Waals surface area contributed by atoms with Crippen LogP contribution in [0.2, 0.25) is 0 Å². The molecule has 0 saturated carbocycles. The van der Waals surface area contributed by atoms with Crippen LogP contribution in [0, 0.1) is 5.92 Å². The largest absolute Gasteiger partial charge is 0.479 e. The Balaban J connectivity index is 2.45. The number of rotatable bonds is 6. The van der Waals surface area contributed by atoms with E-state index < -0.39 is 30.2 Å². The van der Waals surface area contributed by atoms with Crippen LogP contribution in [0.25, 0.3) is 0 Å². The molecule has 0 saturated heterocycles. The van der Waals surface area contributed by atoms with Gasteiger partial charge in [0.25, 0.3) is 0 Å². The van der Waals surface area contributed by atoms with Crippen molar-refractivity contribution in [2.75, 3.05) is 6.54 Å². The van der Waals surface area contributed by atoms with Gasteiger partial charge in [-0.25, -0.2) is 14.0 Å². The summed E-state index contributed by atoms with van der Waals surface area (Å²) in [5, 5.41) is 11.0. The number of carboxylic acids is 1. The molecule has 0 heterocycles. The minimum Gasteiger partial charge on any atom is -0.479 e. The molecule has 0 radical (unpaired) electrons. The second kappa shape index (κ2) is 6.88. The third-order valence-corrected chi connectivity index (χ3v) is 2.97. The number of carboxylic acid groups (broad SMARTS) is 1. The Morgan fingerprint density at radius 1 is 1.35 bits per heavy atom. The lowest BCUT2D eigenvalue weighted by molar-refractivity contribution is -0.153. The summed E-state index contributed by atoms with van der Waals surface area (Å²) in [6.07, 6.45) is -0.849. The van der Waals surface area contributed by atoms with Gasteiger partial charge in [0.2, 0.25) is 5.67 Å². The van der Waals surface area contributed by atoms with Crippen molar-refractivity contribution < 1.29 is 23.8 Å². The molecule has 20 heavy (non-hydrogen) atoms. The number of hydrogen-bond donors (Lipinski definition) is 2. The molecule has 0 bridgehead atoms. The standard InChI is InChI=1S/C14H18FNO4/c1-10(2)14(15,12(17)18)9-16-13(19)20-8-11-6-4-3-5-7-11/h3-7,10H,8-9H2,1-2H3,(H,16,19)(H,17,18). The Hall–Kier alpha value is -2.11. The number of aliphatic carboxylic acids is 1. The number of carbonyl (C=O) groups excluding carboxylic acids is 1. The molecule has 0 aliphatic rings. The maximum atomic E-state index is 14.1. The van der Waals surface area contributed by atoms with Crippen molar-refractivity contribution in [2.45, 2.75) is 26.1 Å². The van der Waals surface area contributed by atoms with Gasteiger partial charge in [-0.15, -0.1) is 0 Å². The third-order valence-electron chi connectivity index (χ3n) is 2.97. The molecule has 1 aromatic carbocycles. The van der Waals surface area contributed by atoms with Crippen LogP contribution in [0.4, 0.5) is 9.18 Å². The van der Waals surface area contributed by atoms with E-state index in [2.05, 4.69) is 5.32 Å². The first-order valence-electron chi connectivity index (χ1n) is 6.23. The molecule has 1 amide bonds. The number of alkyl halides is 1. The molecule has 110 valence electrons. The molecule has 0 spiro atoms. The SMILES string of the molecule is CC(C)C(F)(CNC(=O)OCc1ccccc1)C(=O)O. The molecule has 2 N–H and O–H groups in total. The Morgan fingerprint density at radius 3 is 2.45 bits per heavy atom. The second-order valence-corrected chi connectivity index (χ2v) is 4.74. The van der Waals surface area contributed by atoms with Gasteiger partial charge in [0, 0.05) is 5.92 Å². The fourth-order valence-electron chi connectivity index (χ4n) is 1.50. The first kappa shape index (κ1) is 15.9. The molecule has 0 fully saturated rings. The van der Waals surface area contributed by atoms with E-state index in [-0.39, 0.29) is 6.61 Å². The summed E-state index contributed by atoms with van der Waals surface area (Å²) in [7, 11) is 0. The third kappa shape index (κ3) is 4.22. The Labute approximate surface area is 116 Å². The van der Waals surface area contributed by atoms with Crippen LogP contribution in [0.15, 0.2) is 30.3 Å². The summed E-state index contributed by atoms with van der Waals surface area (Å²) >= 11 is 0. The highest BCUT2D eigenvalue weighted by molar-refractivity contribution is 5.79. The van der Waals surface area contributed by atoms with E-state index in [1.54, 1.807) is 24.3 Å². The van der Waals surface area contributed by atoms with E-state index >= 15 is 0 Å². The van der Waals surface area contributed by atoms with Gasteiger partial charge >= 0.3 is 12.1 Å². The first-order chi connectivity index (χ1) is 9.36. The molecular weight excluding hydrogens is 265 g/mol. The lowest BCUT2D eigenvalue weighted by Gasteiger charge is -2.24. The smallest absolute Gasteiger partial charge is 0.407 e. The van der Waals surface area contributed by atoms with Gasteiger partial charge in [-0.1, -0.05) is 44.2 Å². The van der Waals surface area contributed by atoms with E-state index in [0.29, 0.717) is 0 Å². The van der Waals surface area contributed by atoms with Gasteiger partial charge in [-0.05, 0) is 5.56 Å². The minimum absolute atomic E-state index is 0.0424. The Morgan fingerprint density at radius 2 is 1.95 bits per heavy atom. The normalized spacial score (nSPS) is 13.6. The zero-order valence-corrected chi connectivity index (χ0v) is 11.4. The summed E-state index contributed by atoms with van der Waals surface area (Å²) in [5.74, 6) is -2.37. The van der Waals surface area contributed by atoms with Gasteiger partial charge in [0.1, 0.15) is 6.61 Å². The predicted octanol–water partition coefficient (Wildman–Crippen LogP) is 2.36. The van der Waals surface area contributed by atoms with Gasteiger partial charge in [-0.3, -0.25) is 0 Å². The molecule has 1 unspecified atom stereocenters. The highest BCUT2D eigenvalue weighted by atomic mass is 19.1. The van der Waals surface area contributed by atoms with Crippen LogP contribution in [0.3, 0.4) is 0 Å². The van der Waals surface area contributed by atoms with Crippen LogP contribution in [-0.2, 0) is 16.1 Å². The highest BCUT2D eigenvalue weighted by Crippen LogP contribution is 2.21. The predicted molar refractivity (Wildman–Crippen MR) is 70.9 cm³/mol. The van der Waals surface area contributed by atoms with Crippen molar-refractivity contribution in [3.05, 3.63) is 35.9 Å². The zero-order valence-electron chi connectivity index (χ0n) is 11.4. The van der Waals surface area contributed by atoms with Crippen LogP contribution >= 0.6 is 0 Å². The van der Waals surface area contributed by atoms with Crippen LogP contribution in [0.1, 0.15) is 19.4 Å². The molecule has 0 aliphatic carbocycles. The average Bonchev–Trinajstić information content (AvgIpc) is 2.43. The Kier molecular flexibility index (Phi) is 5.49. The number of benzene rings is 1. The maximum absolute atomic E-state index is 14.1. The number of hydrogen-bond acceptors (Lipinski definition) is 3.